The molecule has 0 saturated carbocycles. The first-order chi connectivity index (χ1) is 7.16. The molecule has 76 valence electrons. The van der Waals surface area contributed by atoms with Crippen LogP contribution in [0.25, 0.3) is 5.69 Å². The number of hydrogen-bond acceptors (Lipinski definition) is 4. The van der Waals surface area contributed by atoms with Crippen LogP contribution in [0.2, 0.25) is 0 Å². The third-order valence-corrected chi connectivity index (χ3v) is 1.84. The van der Waals surface area contributed by atoms with Crippen LogP contribution in [0, 0.1) is 6.92 Å². The van der Waals surface area contributed by atoms with Crippen LogP contribution >= 0.6 is 0 Å². The van der Waals surface area contributed by atoms with Crippen molar-refractivity contribution in [1.29, 1.82) is 0 Å². The van der Waals surface area contributed by atoms with E-state index in [1.165, 1.54) is 10.7 Å². The van der Waals surface area contributed by atoms with Gasteiger partial charge < -0.3 is 5.11 Å². The van der Waals surface area contributed by atoms with Gasteiger partial charge in [-0.15, -0.1) is 0 Å². The van der Waals surface area contributed by atoms with E-state index in [0.29, 0.717) is 11.5 Å². The Labute approximate surface area is 85.2 Å². The Hall–Kier alpha value is -2.24. The molecule has 0 unspecified atom stereocenters. The predicted molar refractivity (Wildman–Crippen MR) is 50.9 cm³/mol. The van der Waals surface area contributed by atoms with Crippen LogP contribution in [0.15, 0.2) is 24.7 Å². The first-order valence-corrected chi connectivity index (χ1v) is 4.25. The third kappa shape index (κ3) is 1.83. The minimum Gasteiger partial charge on any atom is -0.476 e. The number of carboxylic acids is 1. The Kier molecular flexibility index (Phi) is 2.17. The largest absolute Gasteiger partial charge is 0.476 e. The van der Waals surface area contributed by atoms with Crippen LogP contribution in [-0.2, 0) is 0 Å². The van der Waals surface area contributed by atoms with Gasteiger partial charge in [0, 0.05) is 6.20 Å². The van der Waals surface area contributed by atoms with E-state index in [2.05, 4.69) is 15.1 Å². The summed E-state index contributed by atoms with van der Waals surface area (Å²) < 4.78 is 1.42. The molecule has 0 aliphatic heterocycles. The molecule has 2 aromatic heterocycles. The Bertz CT molecular complexity index is 489. The smallest absolute Gasteiger partial charge is 0.356 e. The van der Waals surface area contributed by atoms with E-state index < -0.39 is 5.97 Å². The molecular weight excluding hydrogens is 196 g/mol. The summed E-state index contributed by atoms with van der Waals surface area (Å²) in [4.78, 5) is 18.6. The molecule has 0 atom stereocenters. The normalized spacial score (nSPS) is 10.2. The van der Waals surface area contributed by atoms with Crippen molar-refractivity contribution < 1.29 is 9.90 Å². The molecule has 2 aromatic rings. The van der Waals surface area contributed by atoms with Crippen LogP contribution < -0.4 is 0 Å². The molecule has 0 amide bonds. The molecule has 6 heteroatoms. The van der Waals surface area contributed by atoms with Crippen molar-refractivity contribution >= 4 is 5.97 Å². The van der Waals surface area contributed by atoms with Gasteiger partial charge in [0.15, 0.2) is 5.69 Å². The average molecular weight is 204 g/mol. The molecule has 0 saturated heterocycles. The summed E-state index contributed by atoms with van der Waals surface area (Å²) in [5.74, 6) is -0.397. The highest BCUT2D eigenvalue weighted by Crippen LogP contribution is 2.04. The molecule has 2 rings (SSSR count). The standard InChI is InChI=1S/C9H8N4O2/c1-6-10-4-7(5-11-6)13-3-2-8(12-13)9(14)15/h2-5H,1H3,(H,14,15). The molecule has 0 aliphatic carbocycles. The number of nitrogens with zero attached hydrogens (tertiary/aromatic N) is 4. The zero-order valence-electron chi connectivity index (χ0n) is 7.95. The van der Waals surface area contributed by atoms with Crippen LogP contribution in [0.5, 0.6) is 0 Å². The second-order valence-electron chi connectivity index (χ2n) is 2.94. The Morgan fingerprint density at radius 2 is 2.07 bits per heavy atom. The van der Waals surface area contributed by atoms with Gasteiger partial charge in [-0.2, -0.15) is 5.10 Å². The van der Waals surface area contributed by atoms with E-state index in [1.807, 2.05) is 0 Å². The summed E-state index contributed by atoms with van der Waals surface area (Å²) in [6.07, 6.45) is 4.72. The zero-order chi connectivity index (χ0) is 10.8. The van der Waals surface area contributed by atoms with E-state index in [9.17, 15) is 4.79 Å². The van der Waals surface area contributed by atoms with Gasteiger partial charge >= 0.3 is 5.97 Å². The SMILES string of the molecule is Cc1ncc(-n2ccc(C(=O)O)n2)cn1. The molecule has 6 nitrogen and oxygen atoms in total. The molecule has 15 heavy (non-hydrogen) atoms. The molecule has 0 aromatic carbocycles. The highest BCUT2D eigenvalue weighted by molar-refractivity contribution is 5.85. The minimum atomic E-state index is -1.05. The van der Waals surface area contributed by atoms with E-state index >= 15 is 0 Å². The molecule has 0 spiro atoms. The van der Waals surface area contributed by atoms with Crippen molar-refractivity contribution in [3.8, 4) is 5.69 Å². The summed E-state index contributed by atoms with van der Waals surface area (Å²) in [5.41, 5.74) is 0.628. The fraction of sp³-hybridized carbons (Fsp3) is 0.111. The first kappa shape index (κ1) is 9.32. The Balaban J connectivity index is 2.37. The monoisotopic (exact) mass is 204 g/mol. The van der Waals surface area contributed by atoms with Crippen molar-refractivity contribution in [2.45, 2.75) is 6.92 Å². The number of hydrogen-bond donors (Lipinski definition) is 1. The van der Waals surface area contributed by atoms with Gasteiger partial charge in [0.05, 0.1) is 12.4 Å². The van der Waals surface area contributed by atoms with Gasteiger partial charge in [-0.3, -0.25) is 0 Å². The quantitative estimate of drug-likeness (QED) is 0.777. The summed E-state index contributed by atoms with van der Waals surface area (Å²) >= 11 is 0. The lowest BCUT2D eigenvalue weighted by atomic mass is 10.4. The number of aryl methyl sites for hydroxylation is 1. The van der Waals surface area contributed by atoms with Crippen molar-refractivity contribution in [1.82, 2.24) is 19.7 Å². The average Bonchev–Trinajstić information content (AvgIpc) is 2.68. The number of aromatic nitrogens is 4. The van der Waals surface area contributed by atoms with Crippen LogP contribution in [-0.4, -0.2) is 30.8 Å². The number of aromatic carboxylic acids is 1. The van der Waals surface area contributed by atoms with Crippen LogP contribution in [0.3, 0.4) is 0 Å². The molecule has 2 heterocycles. The summed E-state index contributed by atoms with van der Waals surface area (Å²) in [7, 11) is 0. The Morgan fingerprint density at radius 1 is 1.40 bits per heavy atom. The molecule has 0 aliphatic rings. The number of carboxylic acid groups (broad SMARTS) is 1. The zero-order valence-corrected chi connectivity index (χ0v) is 7.95. The number of carbonyl (C=O) groups is 1. The lowest BCUT2D eigenvalue weighted by molar-refractivity contribution is 0.0690. The second-order valence-corrected chi connectivity index (χ2v) is 2.94. The number of rotatable bonds is 2. The van der Waals surface area contributed by atoms with E-state index in [4.69, 9.17) is 5.11 Å². The molecule has 1 N–H and O–H groups in total. The second kappa shape index (κ2) is 3.49. The maximum absolute atomic E-state index is 10.6. The lowest BCUT2D eigenvalue weighted by Crippen LogP contribution is -2.02. The van der Waals surface area contributed by atoms with Crippen LogP contribution in [0.1, 0.15) is 16.3 Å². The molecular formula is C9H8N4O2. The maximum Gasteiger partial charge on any atom is 0.356 e. The molecule has 0 radical (unpaired) electrons. The van der Waals surface area contributed by atoms with E-state index in [-0.39, 0.29) is 5.69 Å². The topological polar surface area (TPSA) is 80.9 Å². The third-order valence-electron chi connectivity index (χ3n) is 1.84. The van der Waals surface area contributed by atoms with Gasteiger partial charge in [0.25, 0.3) is 0 Å². The van der Waals surface area contributed by atoms with Crippen molar-refractivity contribution in [2.24, 2.45) is 0 Å². The van der Waals surface area contributed by atoms with Gasteiger partial charge in [-0.1, -0.05) is 0 Å². The summed E-state index contributed by atoms with van der Waals surface area (Å²) in [5, 5.41) is 12.5. The summed E-state index contributed by atoms with van der Waals surface area (Å²) in [6, 6.07) is 1.42. The van der Waals surface area contributed by atoms with Gasteiger partial charge in [-0.25, -0.2) is 19.4 Å². The van der Waals surface area contributed by atoms with Gasteiger partial charge in [0.1, 0.15) is 11.5 Å². The highest BCUT2D eigenvalue weighted by Gasteiger charge is 2.07. The predicted octanol–water partition coefficient (Wildman–Crippen LogP) is 0.669. The first-order valence-electron chi connectivity index (χ1n) is 4.25. The summed E-state index contributed by atoms with van der Waals surface area (Å²) in [6.45, 7) is 1.77. The van der Waals surface area contributed by atoms with E-state index in [1.54, 1.807) is 25.5 Å². The molecule has 0 fully saturated rings. The lowest BCUT2D eigenvalue weighted by Gasteiger charge is -1.99. The maximum atomic E-state index is 10.6. The fourth-order valence-electron chi connectivity index (χ4n) is 1.09. The Morgan fingerprint density at radius 3 is 2.60 bits per heavy atom. The minimum absolute atomic E-state index is 0.00410. The molecule has 0 bridgehead atoms. The fourth-order valence-corrected chi connectivity index (χ4v) is 1.09. The van der Waals surface area contributed by atoms with Crippen molar-refractivity contribution in [3.63, 3.8) is 0 Å². The van der Waals surface area contributed by atoms with Gasteiger partial charge in [0.2, 0.25) is 0 Å². The van der Waals surface area contributed by atoms with Crippen molar-refractivity contribution in [3.05, 3.63) is 36.2 Å². The van der Waals surface area contributed by atoms with Crippen molar-refractivity contribution in [2.75, 3.05) is 0 Å². The van der Waals surface area contributed by atoms with Gasteiger partial charge in [-0.05, 0) is 13.0 Å². The highest BCUT2D eigenvalue weighted by atomic mass is 16.4. The van der Waals surface area contributed by atoms with Crippen LogP contribution in [0.4, 0.5) is 0 Å². The van der Waals surface area contributed by atoms with E-state index in [0.717, 1.165) is 0 Å².